The van der Waals surface area contributed by atoms with Crippen molar-refractivity contribution in [3.8, 4) is 5.69 Å². The number of nitrogens with one attached hydrogen (secondary N) is 1. The van der Waals surface area contributed by atoms with E-state index in [-0.39, 0.29) is 12.5 Å². The Labute approximate surface area is 148 Å². The monoisotopic (exact) mass is 385 g/mol. The highest BCUT2D eigenvalue weighted by Crippen LogP contribution is 2.17. The molecule has 122 valence electrons. The average molecular weight is 386 g/mol. The summed E-state index contributed by atoms with van der Waals surface area (Å²) in [5.41, 5.74) is 3.42. The van der Waals surface area contributed by atoms with E-state index in [1.807, 2.05) is 24.3 Å². The zero-order chi connectivity index (χ0) is 17.1. The number of aromatic nitrogens is 2. The smallest absolute Gasteiger partial charge is 0.259 e. The number of carbonyl (C=O) groups excluding carboxylic acids is 1. The molecular formula is C18H16BrN3O2. The van der Waals surface area contributed by atoms with E-state index in [0.29, 0.717) is 16.9 Å². The van der Waals surface area contributed by atoms with E-state index in [1.54, 1.807) is 42.1 Å². The molecule has 3 aromatic rings. The first-order valence-corrected chi connectivity index (χ1v) is 8.19. The molecule has 0 aliphatic heterocycles. The van der Waals surface area contributed by atoms with Crippen LogP contribution >= 0.6 is 15.9 Å². The molecule has 0 aliphatic carbocycles. The highest BCUT2D eigenvalue weighted by molar-refractivity contribution is 9.10. The van der Waals surface area contributed by atoms with Crippen LogP contribution in [-0.4, -0.2) is 20.8 Å². The standard InChI is InChI=1S/C18H16BrN3O2/c1-12-17(10-22(21-12)16-7-5-14(19)6-8-16)18(24)20-15-4-2-3-13(9-15)11-23/h2-10,23H,11H2,1H3,(H,20,24). The van der Waals surface area contributed by atoms with Gasteiger partial charge in [-0.25, -0.2) is 4.68 Å². The molecule has 2 N–H and O–H groups in total. The van der Waals surface area contributed by atoms with Crippen molar-refractivity contribution in [2.45, 2.75) is 13.5 Å². The molecule has 1 aromatic heterocycles. The molecule has 3 rings (SSSR count). The van der Waals surface area contributed by atoms with Gasteiger partial charge in [0.15, 0.2) is 0 Å². The Bertz CT molecular complexity index is 872. The zero-order valence-electron chi connectivity index (χ0n) is 13.0. The average Bonchev–Trinajstić information content (AvgIpc) is 2.97. The summed E-state index contributed by atoms with van der Waals surface area (Å²) in [5, 5.41) is 16.4. The van der Waals surface area contributed by atoms with Gasteiger partial charge in [0.25, 0.3) is 5.91 Å². The van der Waals surface area contributed by atoms with Gasteiger partial charge in [-0.15, -0.1) is 0 Å². The van der Waals surface area contributed by atoms with Crippen LogP contribution in [0.3, 0.4) is 0 Å². The maximum atomic E-state index is 12.5. The van der Waals surface area contributed by atoms with Crippen molar-refractivity contribution < 1.29 is 9.90 Å². The summed E-state index contributed by atoms with van der Waals surface area (Å²) in [7, 11) is 0. The summed E-state index contributed by atoms with van der Waals surface area (Å²) >= 11 is 3.40. The van der Waals surface area contributed by atoms with Crippen molar-refractivity contribution in [2.75, 3.05) is 5.32 Å². The highest BCUT2D eigenvalue weighted by Gasteiger charge is 2.14. The molecule has 0 unspecified atom stereocenters. The molecule has 0 radical (unpaired) electrons. The summed E-state index contributed by atoms with van der Waals surface area (Å²) in [6.45, 7) is 1.73. The normalized spacial score (nSPS) is 10.6. The predicted octanol–water partition coefficient (Wildman–Crippen LogP) is 3.69. The van der Waals surface area contributed by atoms with Gasteiger partial charge < -0.3 is 10.4 Å². The van der Waals surface area contributed by atoms with Gasteiger partial charge in [-0.2, -0.15) is 5.10 Å². The number of aliphatic hydroxyl groups is 1. The Kier molecular flexibility index (Phi) is 4.78. The van der Waals surface area contributed by atoms with Crippen molar-refractivity contribution in [1.29, 1.82) is 0 Å². The van der Waals surface area contributed by atoms with Crippen molar-refractivity contribution in [3.63, 3.8) is 0 Å². The number of amides is 1. The Morgan fingerprint density at radius 1 is 1.25 bits per heavy atom. The lowest BCUT2D eigenvalue weighted by Gasteiger charge is -2.05. The fraction of sp³-hybridized carbons (Fsp3) is 0.111. The van der Waals surface area contributed by atoms with Crippen LogP contribution in [-0.2, 0) is 6.61 Å². The molecule has 24 heavy (non-hydrogen) atoms. The number of benzene rings is 2. The van der Waals surface area contributed by atoms with Crippen LogP contribution in [0.5, 0.6) is 0 Å². The molecule has 0 atom stereocenters. The van der Waals surface area contributed by atoms with E-state index < -0.39 is 0 Å². The molecule has 0 saturated carbocycles. The molecule has 2 aromatic carbocycles. The van der Waals surface area contributed by atoms with Gasteiger partial charge in [-0.3, -0.25) is 4.79 Å². The molecule has 0 saturated heterocycles. The first kappa shape index (κ1) is 16.4. The first-order chi connectivity index (χ1) is 11.6. The van der Waals surface area contributed by atoms with E-state index in [1.165, 1.54) is 0 Å². The van der Waals surface area contributed by atoms with E-state index in [9.17, 15) is 9.90 Å². The SMILES string of the molecule is Cc1nn(-c2ccc(Br)cc2)cc1C(=O)Nc1cccc(CO)c1. The molecule has 5 nitrogen and oxygen atoms in total. The minimum atomic E-state index is -0.231. The molecule has 0 spiro atoms. The lowest BCUT2D eigenvalue weighted by molar-refractivity contribution is 0.102. The number of aryl methyl sites for hydroxylation is 1. The third-order valence-electron chi connectivity index (χ3n) is 3.60. The molecule has 6 heteroatoms. The van der Waals surface area contributed by atoms with Crippen LogP contribution in [0.25, 0.3) is 5.69 Å². The summed E-state index contributed by atoms with van der Waals surface area (Å²) in [6.07, 6.45) is 1.71. The minimum absolute atomic E-state index is 0.0652. The number of halogens is 1. The molecular weight excluding hydrogens is 370 g/mol. The summed E-state index contributed by atoms with van der Waals surface area (Å²) in [4.78, 5) is 12.5. The quantitative estimate of drug-likeness (QED) is 0.719. The van der Waals surface area contributed by atoms with Crippen LogP contribution in [0.1, 0.15) is 21.6 Å². The Morgan fingerprint density at radius 3 is 2.71 bits per heavy atom. The maximum absolute atomic E-state index is 12.5. The second-order valence-electron chi connectivity index (χ2n) is 5.36. The maximum Gasteiger partial charge on any atom is 0.259 e. The third kappa shape index (κ3) is 3.55. The zero-order valence-corrected chi connectivity index (χ0v) is 14.6. The van der Waals surface area contributed by atoms with Crippen molar-refractivity contribution in [3.05, 3.63) is 76.0 Å². The van der Waals surface area contributed by atoms with Gasteiger partial charge >= 0.3 is 0 Å². The van der Waals surface area contributed by atoms with Crippen LogP contribution < -0.4 is 5.32 Å². The van der Waals surface area contributed by atoms with Crippen molar-refractivity contribution in [2.24, 2.45) is 0 Å². The van der Waals surface area contributed by atoms with Crippen molar-refractivity contribution in [1.82, 2.24) is 9.78 Å². The molecule has 0 aliphatic rings. The minimum Gasteiger partial charge on any atom is -0.392 e. The summed E-state index contributed by atoms with van der Waals surface area (Å²) in [6, 6.07) is 14.8. The molecule has 0 bridgehead atoms. The van der Waals surface area contributed by atoms with Gasteiger partial charge in [0.2, 0.25) is 0 Å². The number of rotatable bonds is 4. The van der Waals surface area contributed by atoms with E-state index >= 15 is 0 Å². The van der Waals surface area contributed by atoms with Gasteiger partial charge in [-0.05, 0) is 48.9 Å². The number of anilines is 1. The topological polar surface area (TPSA) is 67.2 Å². The van der Waals surface area contributed by atoms with E-state index in [0.717, 1.165) is 15.7 Å². The van der Waals surface area contributed by atoms with Gasteiger partial charge in [-0.1, -0.05) is 28.1 Å². The van der Waals surface area contributed by atoms with Gasteiger partial charge in [0.1, 0.15) is 0 Å². The third-order valence-corrected chi connectivity index (χ3v) is 4.13. The summed E-state index contributed by atoms with van der Waals surface area (Å²) < 4.78 is 2.66. The van der Waals surface area contributed by atoms with Crippen LogP contribution in [0.4, 0.5) is 5.69 Å². The largest absolute Gasteiger partial charge is 0.392 e. The van der Waals surface area contributed by atoms with Crippen LogP contribution in [0.2, 0.25) is 0 Å². The second-order valence-corrected chi connectivity index (χ2v) is 6.28. The van der Waals surface area contributed by atoms with Gasteiger partial charge in [0, 0.05) is 16.4 Å². The first-order valence-electron chi connectivity index (χ1n) is 7.40. The number of hydrogen-bond donors (Lipinski definition) is 2. The van der Waals surface area contributed by atoms with E-state index in [4.69, 9.17) is 0 Å². The Morgan fingerprint density at radius 2 is 2.00 bits per heavy atom. The molecule has 1 amide bonds. The lowest BCUT2D eigenvalue weighted by Crippen LogP contribution is -2.12. The molecule has 0 fully saturated rings. The number of carbonyl (C=O) groups is 1. The van der Waals surface area contributed by atoms with Crippen molar-refractivity contribution >= 4 is 27.5 Å². The Balaban J connectivity index is 1.83. The van der Waals surface area contributed by atoms with E-state index in [2.05, 4.69) is 26.3 Å². The lowest BCUT2D eigenvalue weighted by atomic mass is 10.2. The van der Waals surface area contributed by atoms with Gasteiger partial charge in [0.05, 0.1) is 23.6 Å². The number of hydrogen-bond acceptors (Lipinski definition) is 3. The van der Waals surface area contributed by atoms with Crippen LogP contribution in [0, 0.1) is 6.92 Å². The number of nitrogens with zero attached hydrogens (tertiary/aromatic N) is 2. The summed E-state index contributed by atoms with van der Waals surface area (Å²) in [5.74, 6) is -0.231. The highest BCUT2D eigenvalue weighted by atomic mass is 79.9. The fourth-order valence-corrected chi connectivity index (χ4v) is 2.62. The second kappa shape index (κ2) is 6.98. The van der Waals surface area contributed by atoms with Crippen LogP contribution in [0.15, 0.2) is 59.2 Å². The number of aliphatic hydroxyl groups excluding tert-OH is 1. The molecule has 1 heterocycles. The fourth-order valence-electron chi connectivity index (χ4n) is 2.35. The predicted molar refractivity (Wildman–Crippen MR) is 96.3 cm³/mol. The Hall–Kier alpha value is -2.44.